The summed E-state index contributed by atoms with van der Waals surface area (Å²) in [6.45, 7) is 3.78. The first-order chi connectivity index (χ1) is 8.78. The summed E-state index contributed by atoms with van der Waals surface area (Å²) in [4.78, 5) is 13.7. The molecule has 0 N–H and O–H groups in total. The molecule has 2 aliphatic rings. The molecule has 0 radical (unpaired) electrons. The monoisotopic (exact) mass is 255 g/mol. The van der Waals surface area contributed by atoms with Gasteiger partial charge in [-0.05, 0) is 18.9 Å². The largest absolute Gasteiger partial charge is 0.469 e. The number of esters is 1. The first kappa shape index (κ1) is 13.8. The van der Waals surface area contributed by atoms with Crippen LogP contribution >= 0.6 is 0 Å². The summed E-state index contributed by atoms with van der Waals surface area (Å²) < 4.78 is 10.3. The van der Waals surface area contributed by atoms with E-state index < -0.39 is 0 Å². The van der Waals surface area contributed by atoms with Crippen molar-refractivity contribution >= 4 is 5.97 Å². The molecule has 1 heterocycles. The molecular weight excluding hydrogens is 230 g/mol. The van der Waals surface area contributed by atoms with E-state index in [-0.39, 0.29) is 12.1 Å². The minimum Gasteiger partial charge on any atom is -0.469 e. The molecule has 0 unspecified atom stereocenters. The smallest absolute Gasteiger partial charge is 0.308 e. The number of rotatable bonds is 5. The highest BCUT2D eigenvalue weighted by Crippen LogP contribution is 2.27. The van der Waals surface area contributed by atoms with Gasteiger partial charge < -0.3 is 9.47 Å². The number of morpholine rings is 1. The molecule has 0 aromatic carbocycles. The molecule has 0 bridgehead atoms. The van der Waals surface area contributed by atoms with Crippen LogP contribution in [0.5, 0.6) is 0 Å². The van der Waals surface area contributed by atoms with Gasteiger partial charge in [-0.2, -0.15) is 0 Å². The summed E-state index contributed by atoms with van der Waals surface area (Å²) in [7, 11) is 1.43. The van der Waals surface area contributed by atoms with Gasteiger partial charge >= 0.3 is 5.97 Å². The number of carbonyl (C=O) groups is 1. The van der Waals surface area contributed by atoms with Gasteiger partial charge in [-0.15, -0.1) is 0 Å². The van der Waals surface area contributed by atoms with E-state index in [9.17, 15) is 4.79 Å². The first-order valence-corrected chi connectivity index (χ1v) is 7.18. The molecule has 1 aliphatic heterocycles. The average molecular weight is 255 g/mol. The van der Waals surface area contributed by atoms with Crippen LogP contribution in [0.15, 0.2) is 0 Å². The third kappa shape index (κ3) is 4.25. The van der Waals surface area contributed by atoms with Crippen LogP contribution in [0.25, 0.3) is 0 Å². The highest BCUT2D eigenvalue weighted by molar-refractivity contribution is 5.69. The SMILES string of the molecule is COC(=O)C[C@@H]1CN(CCC2CCCC2)CCO1. The summed E-state index contributed by atoms with van der Waals surface area (Å²) in [5.74, 6) is 0.768. The molecule has 1 saturated heterocycles. The zero-order valence-corrected chi connectivity index (χ0v) is 11.4. The lowest BCUT2D eigenvalue weighted by Gasteiger charge is -2.33. The lowest BCUT2D eigenvalue weighted by molar-refractivity contribution is -0.145. The van der Waals surface area contributed by atoms with Crippen LogP contribution in [0.3, 0.4) is 0 Å². The maximum Gasteiger partial charge on any atom is 0.308 e. The summed E-state index contributed by atoms with van der Waals surface area (Å²) in [5, 5.41) is 0. The van der Waals surface area contributed by atoms with E-state index in [1.54, 1.807) is 0 Å². The van der Waals surface area contributed by atoms with Crippen molar-refractivity contribution in [1.29, 1.82) is 0 Å². The molecule has 2 rings (SSSR count). The van der Waals surface area contributed by atoms with Crippen molar-refractivity contribution in [1.82, 2.24) is 4.90 Å². The Morgan fingerprint density at radius 2 is 2.17 bits per heavy atom. The predicted molar refractivity (Wildman–Crippen MR) is 69.4 cm³/mol. The van der Waals surface area contributed by atoms with Gasteiger partial charge in [0.2, 0.25) is 0 Å². The van der Waals surface area contributed by atoms with E-state index in [0.717, 1.165) is 32.2 Å². The Kier molecular flexibility index (Phi) is 5.45. The zero-order chi connectivity index (χ0) is 12.8. The second kappa shape index (κ2) is 7.10. The van der Waals surface area contributed by atoms with Crippen molar-refractivity contribution in [2.75, 3.05) is 33.4 Å². The van der Waals surface area contributed by atoms with Crippen LogP contribution in [-0.4, -0.2) is 50.3 Å². The fraction of sp³-hybridized carbons (Fsp3) is 0.929. The Hall–Kier alpha value is -0.610. The molecule has 18 heavy (non-hydrogen) atoms. The Balaban J connectivity index is 1.67. The average Bonchev–Trinajstić information content (AvgIpc) is 2.90. The fourth-order valence-corrected chi connectivity index (χ4v) is 3.04. The Morgan fingerprint density at radius 1 is 1.39 bits per heavy atom. The van der Waals surface area contributed by atoms with Gasteiger partial charge in [-0.3, -0.25) is 9.69 Å². The minimum atomic E-state index is -0.169. The molecule has 1 aliphatic carbocycles. The standard InChI is InChI=1S/C14H25NO3/c1-17-14(16)10-13-11-15(8-9-18-13)7-6-12-4-2-3-5-12/h12-13H,2-11H2,1H3/t13-/m1/s1. The van der Waals surface area contributed by atoms with E-state index in [4.69, 9.17) is 9.47 Å². The number of ether oxygens (including phenoxy) is 2. The van der Waals surface area contributed by atoms with Crippen LogP contribution in [0.2, 0.25) is 0 Å². The summed E-state index contributed by atoms with van der Waals surface area (Å²) in [6.07, 6.45) is 7.37. The van der Waals surface area contributed by atoms with Crippen LogP contribution < -0.4 is 0 Å². The van der Waals surface area contributed by atoms with Crippen molar-refractivity contribution < 1.29 is 14.3 Å². The van der Waals surface area contributed by atoms with E-state index >= 15 is 0 Å². The molecular formula is C14H25NO3. The van der Waals surface area contributed by atoms with Crippen LogP contribution in [0, 0.1) is 5.92 Å². The van der Waals surface area contributed by atoms with E-state index in [0.29, 0.717) is 6.42 Å². The number of methoxy groups -OCH3 is 1. The lowest BCUT2D eigenvalue weighted by Crippen LogP contribution is -2.44. The van der Waals surface area contributed by atoms with Gasteiger partial charge in [0, 0.05) is 13.1 Å². The number of hydrogen-bond donors (Lipinski definition) is 0. The van der Waals surface area contributed by atoms with Crippen LogP contribution in [0.4, 0.5) is 0 Å². The molecule has 0 aromatic heterocycles. The van der Waals surface area contributed by atoms with Crippen molar-refractivity contribution in [3.63, 3.8) is 0 Å². The van der Waals surface area contributed by atoms with E-state index in [1.165, 1.54) is 39.2 Å². The highest BCUT2D eigenvalue weighted by atomic mass is 16.5. The van der Waals surface area contributed by atoms with Gasteiger partial charge in [-0.25, -0.2) is 0 Å². The van der Waals surface area contributed by atoms with Crippen molar-refractivity contribution in [2.45, 2.75) is 44.6 Å². The molecule has 104 valence electrons. The zero-order valence-electron chi connectivity index (χ0n) is 11.4. The van der Waals surface area contributed by atoms with Gasteiger partial charge in [0.05, 0.1) is 26.2 Å². The molecule has 0 aromatic rings. The van der Waals surface area contributed by atoms with Gasteiger partial charge in [0.1, 0.15) is 0 Å². The van der Waals surface area contributed by atoms with Crippen molar-refractivity contribution in [2.24, 2.45) is 5.92 Å². The predicted octanol–water partition coefficient (Wildman–Crippen LogP) is 1.83. The Bertz CT molecular complexity index is 264. The second-order valence-electron chi connectivity index (χ2n) is 5.51. The molecule has 4 heteroatoms. The van der Waals surface area contributed by atoms with E-state index in [2.05, 4.69) is 4.90 Å². The Morgan fingerprint density at radius 3 is 2.89 bits per heavy atom. The molecule has 1 atom stereocenters. The molecule has 1 saturated carbocycles. The van der Waals surface area contributed by atoms with Crippen LogP contribution in [0.1, 0.15) is 38.5 Å². The summed E-state index contributed by atoms with van der Waals surface area (Å²) in [5.41, 5.74) is 0. The third-order valence-corrected chi connectivity index (χ3v) is 4.17. The summed E-state index contributed by atoms with van der Waals surface area (Å²) in [6, 6.07) is 0. The first-order valence-electron chi connectivity index (χ1n) is 7.18. The molecule has 0 amide bonds. The van der Waals surface area contributed by atoms with Crippen LogP contribution in [-0.2, 0) is 14.3 Å². The highest BCUT2D eigenvalue weighted by Gasteiger charge is 2.24. The quantitative estimate of drug-likeness (QED) is 0.703. The summed E-state index contributed by atoms with van der Waals surface area (Å²) >= 11 is 0. The van der Waals surface area contributed by atoms with Gasteiger partial charge in [0.15, 0.2) is 0 Å². The van der Waals surface area contributed by atoms with E-state index in [1.807, 2.05) is 0 Å². The molecule has 2 fully saturated rings. The normalized spacial score (nSPS) is 26.4. The third-order valence-electron chi connectivity index (χ3n) is 4.17. The molecule has 0 spiro atoms. The lowest BCUT2D eigenvalue weighted by atomic mass is 10.0. The number of carbonyl (C=O) groups excluding carboxylic acids is 1. The number of nitrogens with zero attached hydrogens (tertiary/aromatic N) is 1. The Labute approximate surface area is 110 Å². The van der Waals surface area contributed by atoms with Crippen molar-refractivity contribution in [3.8, 4) is 0 Å². The topological polar surface area (TPSA) is 38.8 Å². The maximum atomic E-state index is 11.2. The van der Waals surface area contributed by atoms with Gasteiger partial charge in [-0.1, -0.05) is 25.7 Å². The second-order valence-corrected chi connectivity index (χ2v) is 5.51. The maximum absolute atomic E-state index is 11.2. The fourth-order valence-electron chi connectivity index (χ4n) is 3.04. The molecule has 4 nitrogen and oxygen atoms in total. The minimum absolute atomic E-state index is 0.0229. The van der Waals surface area contributed by atoms with Crippen molar-refractivity contribution in [3.05, 3.63) is 0 Å². The number of hydrogen-bond acceptors (Lipinski definition) is 4. The van der Waals surface area contributed by atoms with Gasteiger partial charge in [0.25, 0.3) is 0 Å².